The number of amides is 1. The number of rotatable bonds is 5. The summed E-state index contributed by atoms with van der Waals surface area (Å²) in [6, 6.07) is 19.9. The van der Waals surface area contributed by atoms with E-state index in [-0.39, 0.29) is 11.9 Å². The zero-order valence-corrected chi connectivity index (χ0v) is 15.3. The van der Waals surface area contributed by atoms with Crippen molar-refractivity contribution < 1.29 is 4.79 Å². The van der Waals surface area contributed by atoms with Crippen LogP contribution in [0.5, 0.6) is 0 Å². The first-order chi connectivity index (χ1) is 12.5. The van der Waals surface area contributed by atoms with Gasteiger partial charge in [0.15, 0.2) is 0 Å². The predicted molar refractivity (Wildman–Crippen MR) is 107 cm³/mol. The number of nitrogens with one attached hydrogen (secondary N) is 2. The molecule has 132 valence electrons. The third-order valence-corrected chi connectivity index (χ3v) is 4.16. The SMILES string of the molecule is Cc1cc(C)cc(NC(=O)c2ccc(NC(C)c3ccccc3)cn2)c1. The van der Waals surface area contributed by atoms with Crippen LogP contribution >= 0.6 is 0 Å². The van der Waals surface area contributed by atoms with E-state index in [2.05, 4.69) is 40.7 Å². The first-order valence-corrected chi connectivity index (χ1v) is 8.68. The van der Waals surface area contributed by atoms with E-state index in [1.807, 2.05) is 50.2 Å². The molecule has 0 spiro atoms. The molecule has 1 atom stereocenters. The molecule has 2 aromatic carbocycles. The summed E-state index contributed by atoms with van der Waals surface area (Å²) in [7, 11) is 0. The number of anilines is 2. The zero-order chi connectivity index (χ0) is 18.5. The fourth-order valence-corrected chi connectivity index (χ4v) is 2.93. The highest BCUT2D eigenvalue weighted by molar-refractivity contribution is 6.03. The first kappa shape index (κ1) is 17.7. The summed E-state index contributed by atoms with van der Waals surface area (Å²) in [6.45, 7) is 6.11. The highest BCUT2D eigenvalue weighted by atomic mass is 16.1. The normalized spacial score (nSPS) is 11.7. The van der Waals surface area contributed by atoms with Gasteiger partial charge in [-0.3, -0.25) is 4.79 Å². The molecule has 4 nitrogen and oxygen atoms in total. The Morgan fingerprint density at radius 2 is 1.62 bits per heavy atom. The molecule has 0 radical (unpaired) electrons. The van der Waals surface area contributed by atoms with Crippen molar-refractivity contribution in [1.29, 1.82) is 0 Å². The third kappa shape index (κ3) is 4.48. The summed E-state index contributed by atoms with van der Waals surface area (Å²) >= 11 is 0. The van der Waals surface area contributed by atoms with Crippen molar-refractivity contribution in [2.24, 2.45) is 0 Å². The van der Waals surface area contributed by atoms with E-state index in [1.54, 1.807) is 12.3 Å². The molecule has 4 heteroatoms. The monoisotopic (exact) mass is 345 g/mol. The minimum absolute atomic E-state index is 0.160. The summed E-state index contributed by atoms with van der Waals surface area (Å²) in [5.41, 5.74) is 5.48. The fourth-order valence-electron chi connectivity index (χ4n) is 2.93. The highest BCUT2D eigenvalue weighted by Crippen LogP contribution is 2.19. The number of aryl methyl sites for hydroxylation is 2. The van der Waals surface area contributed by atoms with E-state index in [1.165, 1.54) is 5.56 Å². The summed E-state index contributed by atoms with van der Waals surface area (Å²) in [4.78, 5) is 16.7. The van der Waals surface area contributed by atoms with Gasteiger partial charge in [0.05, 0.1) is 11.9 Å². The van der Waals surface area contributed by atoms with Gasteiger partial charge >= 0.3 is 0 Å². The molecule has 1 unspecified atom stereocenters. The molecule has 1 aromatic heterocycles. The molecule has 0 aliphatic carbocycles. The van der Waals surface area contributed by atoms with Crippen LogP contribution in [0.3, 0.4) is 0 Å². The second kappa shape index (κ2) is 7.83. The highest BCUT2D eigenvalue weighted by Gasteiger charge is 2.10. The van der Waals surface area contributed by atoms with E-state index < -0.39 is 0 Å². The number of carbonyl (C=O) groups is 1. The van der Waals surface area contributed by atoms with Gasteiger partial charge < -0.3 is 10.6 Å². The smallest absolute Gasteiger partial charge is 0.274 e. The van der Waals surface area contributed by atoms with Gasteiger partial charge in [-0.25, -0.2) is 4.98 Å². The average molecular weight is 345 g/mol. The Hall–Kier alpha value is -3.14. The van der Waals surface area contributed by atoms with Gasteiger partial charge in [-0.15, -0.1) is 0 Å². The molecule has 0 fully saturated rings. The summed E-state index contributed by atoms with van der Waals surface area (Å²) in [5, 5.41) is 6.30. The number of hydrogen-bond donors (Lipinski definition) is 2. The molecule has 0 saturated carbocycles. The Balaban J connectivity index is 1.66. The van der Waals surface area contributed by atoms with Crippen molar-refractivity contribution in [3.05, 3.63) is 89.2 Å². The maximum Gasteiger partial charge on any atom is 0.274 e. The number of pyridine rings is 1. The van der Waals surface area contributed by atoms with Crippen molar-refractivity contribution in [3.8, 4) is 0 Å². The van der Waals surface area contributed by atoms with Gasteiger partial charge in [-0.2, -0.15) is 0 Å². The Labute approximate surface area is 154 Å². The fraction of sp³-hybridized carbons (Fsp3) is 0.182. The van der Waals surface area contributed by atoms with Crippen LogP contribution in [0.25, 0.3) is 0 Å². The number of nitrogens with zero attached hydrogens (tertiary/aromatic N) is 1. The second-order valence-corrected chi connectivity index (χ2v) is 6.54. The second-order valence-electron chi connectivity index (χ2n) is 6.54. The Morgan fingerprint density at radius 1 is 0.923 bits per heavy atom. The van der Waals surface area contributed by atoms with E-state index in [9.17, 15) is 4.79 Å². The quantitative estimate of drug-likeness (QED) is 0.674. The molecule has 26 heavy (non-hydrogen) atoms. The lowest BCUT2D eigenvalue weighted by atomic mass is 10.1. The van der Waals surface area contributed by atoms with E-state index in [0.717, 1.165) is 22.5 Å². The zero-order valence-electron chi connectivity index (χ0n) is 15.3. The topological polar surface area (TPSA) is 54.0 Å². The lowest BCUT2D eigenvalue weighted by molar-refractivity contribution is 0.102. The van der Waals surface area contributed by atoms with Crippen LogP contribution in [0.15, 0.2) is 66.9 Å². The van der Waals surface area contributed by atoms with Crippen LogP contribution in [-0.4, -0.2) is 10.9 Å². The van der Waals surface area contributed by atoms with Crippen molar-refractivity contribution in [3.63, 3.8) is 0 Å². The van der Waals surface area contributed by atoms with Crippen molar-refractivity contribution in [1.82, 2.24) is 4.98 Å². The van der Waals surface area contributed by atoms with Gasteiger partial charge in [0.2, 0.25) is 0 Å². The lowest BCUT2D eigenvalue weighted by Gasteiger charge is -2.15. The van der Waals surface area contributed by atoms with Crippen LogP contribution in [0.2, 0.25) is 0 Å². The average Bonchev–Trinajstić information content (AvgIpc) is 2.62. The minimum Gasteiger partial charge on any atom is -0.377 e. The van der Waals surface area contributed by atoms with Gasteiger partial charge in [-0.1, -0.05) is 36.4 Å². The molecule has 1 heterocycles. The number of aromatic nitrogens is 1. The molecule has 0 bridgehead atoms. The molecule has 0 aliphatic heterocycles. The van der Waals surface area contributed by atoms with Crippen LogP contribution in [0.4, 0.5) is 11.4 Å². The Bertz CT molecular complexity index is 869. The molecule has 0 aliphatic rings. The summed E-state index contributed by atoms with van der Waals surface area (Å²) in [6.07, 6.45) is 1.69. The Morgan fingerprint density at radius 3 is 2.23 bits per heavy atom. The molecule has 2 N–H and O–H groups in total. The van der Waals surface area contributed by atoms with Crippen molar-refractivity contribution >= 4 is 17.3 Å². The maximum atomic E-state index is 12.4. The van der Waals surface area contributed by atoms with Crippen LogP contribution in [-0.2, 0) is 0 Å². The van der Waals surface area contributed by atoms with Crippen LogP contribution in [0, 0.1) is 13.8 Å². The van der Waals surface area contributed by atoms with Gasteiger partial charge in [-0.05, 0) is 61.7 Å². The maximum absolute atomic E-state index is 12.4. The van der Waals surface area contributed by atoms with Gasteiger partial charge in [0, 0.05) is 11.7 Å². The van der Waals surface area contributed by atoms with Crippen molar-refractivity contribution in [2.45, 2.75) is 26.8 Å². The van der Waals surface area contributed by atoms with Crippen LogP contribution < -0.4 is 10.6 Å². The van der Waals surface area contributed by atoms with E-state index in [4.69, 9.17) is 0 Å². The number of hydrogen-bond acceptors (Lipinski definition) is 3. The molecular formula is C22H23N3O. The first-order valence-electron chi connectivity index (χ1n) is 8.68. The largest absolute Gasteiger partial charge is 0.377 e. The van der Waals surface area contributed by atoms with E-state index in [0.29, 0.717) is 5.69 Å². The standard InChI is InChI=1S/C22H23N3O/c1-15-11-16(2)13-20(12-15)25-22(26)21-10-9-19(14-23-21)24-17(3)18-7-5-4-6-8-18/h4-14,17,24H,1-3H3,(H,25,26). The molecule has 3 aromatic rings. The van der Waals surface area contributed by atoms with Gasteiger partial charge in [0.25, 0.3) is 5.91 Å². The van der Waals surface area contributed by atoms with Crippen LogP contribution in [0.1, 0.15) is 40.1 Å². The third-order valence-electron chi connectivity index (χ3n) is 4.16. The van der Waals surface area contributed by atoms with Crippen molar-refractivity contribution in [2.75, 3.05) is 10.6 Å². The number of carbonyl (C=O) groups excluding carboxylic acids is 1. The lowest BCUT2D eigenvalue weighted by Crippen LogP contribution is -2.14. The van der Waals surface area contributed by atoms with Gasteiger partial charge in [0.1, 0.15) is 5.69 Å². The molecule has 3 rings (SSSR count). The molecule has 0 saturated heterocycles. The van der Waals surface area contributed by atoms with E-state index >= 15 is 0 Å². The molecular weight excluding hydrogens is 322 g/mol. The Kier molecular flexibility index (Phi) is 5.32. The predicted octanol–water partition coefficient (Wildman–Crippen LogP) is 5.12. The number of benzene rings is 2. The summed E-state index contributed by atoms with van der Waals surface area (Å²) < 4.78 is 0. The summed E-state index contributed by atoms with van der Waals surface area (Å²) in [5.74, 6) is -0.211. The minimum atomic E-state index is -0.211. The molecule has 1 amide bonds.